The quantitative estimate of drug-likeness (QED) is 0.881. The molecule has 0 heterocycles. The Balaban J connectivity index is 2.14. The minimum atomic E-state index is -0.967. The van der Waals surface area contributed by atoms with Crippen molar-refractivity contribution in [1.29, 1.82) is 0 Å². The summed E-state index contributed by atoms with van der Waals surface area (Å²) in [4.78, 5) is 10.8. The number of halogens is 2. The number of anilines is 1. The topological polar surface area (TPSA) is 49.3 Å². The van der Waals surface area contributed by atoms with E-state index in [1.165, 1.54) is 24.3 Å². The standard InChI is InChI=1S/C15H13ClFNO2/c1-9(13-7-4-11(17)8-14(13)16)18-12-5-2-10(3-6-12)15(19)20/h2-9,18H,1H3,(H,19,20). The van der Waals surface area contributed by atoms with Crippen LogP contribution in [0.15, 0.2) is 42.5 Å². The highest BCUT2D eigenvalue weighted by Crippen LogP contribution is 2.26. The Morgan fingerprint density at radius 1 is 1.25 bits per heavy atom. The number of rotatable bonds is 4. The molecule has 0 aromatic heterocycles. The Kier molecular flexibility index (Phi) is 4.25. The Morgan fingerprint density at radius 3 is 2.45 bits per heavy atom. The van der Waals surface area contributed by atoms with Crippen molar-refractivity contribution in [2.75, 3.05) is 5.32 Å². The molecule has 2 rings (SSSR count). The zero-order valence-electron chi connectivity index (χ0n) is 10.7. The third-order valence-electron chi connectivity index (χ3n) is 2.94. The number of hydrogen-bond donors (Lipinski definition) is 2. The lowest BCUT2D eigenvalue weighted by atomic mass is 10.1. The highest BCUT2D eigenvalue weighted by atomic mass is 35.5. The third-order valence-corrected chi connectivity index (χ3v) is 3.27. The fourth-order valence-electron chi connectivity index (χ4n) is 1.89. The summed E-state index contributed by atoms with van der Waals surface area (Å²) in [6, 6.07) is 10.5. The largest absolute Gasteiger partial charge is 0.478 e. The van der Waals surface area contributed by atoms with Crippen molar-refractivity contribution < 1.29 is 14.3 Å². The van der Waals surface area contributed by atoms with Gasteiger partial charge in [-0.2, -0.15) is 0 Å². The van der Waals surface area contributed by atoms with Crippen molar-refractivity contribution >= 4 is 23.3 Å². The van der Waals surface area contributed by atoms with Gasteiger partial charge in [-0.15, -0.1) is 0 Å². The van der Waals surface area contributed by atoms with Crippen molar-refractivity contribution in [2.45, 2.75) is 13.0 Å². The molecule has 0 aliphatic heterocycles. The zero-order valence-corrected chi connectivity index (χ0v) is 11.5. The second-order valence-electron chi connectivity index (χ2n) is 4.41. The molecule has 104 valence electrons. The Hall–Kier alpha value is -2.07. The summed E-state index contributed by atoms with van der Waals surface area (Å²) in [5.74, 6) is -1.34. The number of hydrogen-bond acceptors (Lipinski definition) is 2. The number of aromatic carboxylic acids is 1. The summed E-state index contributed by atoms with van der Waals surface area (Å²) in [7, 11) is 0. The van der Waals surface area contributed by atoms with Crippen molar-refractivity contribution in [3.8, 4) is 0 Å². The van der Waals surface area contributed by atoms with E-state index < -0.39 is 5.97 Å². The number of benzene rings is 2. The van der Waals surface area contributed by atoms with Gasteiger partial charge in [-0.25, -0.2) is 9.18 Å². The average Bonchev–Trinajstić information content (AvgIpc) is 2.39. The van der Waals surface area contributed by atoms with Crippen LogP contribution in [0, 0.1) is 5.82 Å². The van der Waals surface area contributed by atoms with E-state index in [9.17, 15) is 9.18 Å². The maximum Gasteiger partial charge on any atom is 0.335 e. The summed E-state index contributed by atoms with van der Waals surface area (Å²) < 4.78 is 13.0. The van der Waals surface area contributed by atoms with Crippen LogP contribution in [0.25, 0.3) is 0 Å². The minimum Gasteiger partial charge on any atom is -0.478 e. The van der Waals surface area contributed by atoms with Gasteiger partial charge >= 0.3 is 5.97 Å². The van der Waals surface area contributed by atoms with E-state index in [0.717, 1.165) is 11.3 Å². The van der Waals surface area contributed by atoms with Gasteiger partial charge in [0.25, 0.3) is 0 Å². The van der Waals surface area contributed by atoms with E-state index in [1.807, 2.05) is 6.92 Å². The molecule has 3 nitrogen and oxygen atoms in total. The number of carboxylic acids is 1. The zero-order chi connectivity index (χ0) is 14.7. The maximum atomic E-state index is 13.0. The van der Waals surface area contributed by atoms with Crippen LogP contribution in [-0.4, -0.2) is 11.1 Å². The molecule has 1 unspecified atom stereocenters. The van der Waals surface area contributed by atoms with Crippen molar-refractivity contribution in [3.05, 3.63) is 64.4 Å². The molecule has 2 N–H and O–H groups in total. The van der Waals surface area contributed by atoms with Crippen LogP contribution in [0.5, 0.6) is 0 Å². The second kappa shape index (κ2) is 5.92. The van der Waals surface area contributed by atoms with Gasteiger partial charge in [0.1, 0.15) is 5.82 Å². The Labute approximate surface area is 121 Å². The molecule has 0 fully saturated rings. The molecule has 0 bridgehead atoms. The van der Waals surface area contributed by atoms with Gasteiger partial charge < -0.3 is 10.4 Å². The molecule has 5 heteroatoms. The fourth-order valence-corrected chi connectivity index (χ4v) is 2.22. The van der Waals surface area contributed by atoms with Crippen molar-refractivity contribution in [3.63, 3.8) is 0 Å². The molecule has 0 saturated heterocycles. The molecular formula is C15H13ClFNO2. The highest BCUT2D eigenvalue weighted by Gasteiger charge is 2.10. The van der Waals surface area contributed by atoms with Crippen LogP contribution in [-0.2, 0) is 0 Å². The van der Waals surface area contributed by atoms with Crippen LogP contribution in [0.3, 0.4) is 0 Å². The van der Waals surface area contributed by atoms with Crippen molar-refractivity contribution in [1.82, 2.24) is 0 Å². The van der Waals surface area contributed by atoms with Crippen LogP contribution in [0.4, 0.5) is 10.1 Å². The van der Waals surface area contributed by atoms with E-state index >= 15 is 0 Å². The summed E-state index contributed by atoms with van der Waals surface area (Å²) in [6.45, 7) is 1.89. The van der Waals surface area contributed by atoms with E-state index in [2.05, 4.69) is 5.32 Å². The Bertz CT molecular complexity index is 628. The van der Waals surface area contributed by atoms with Crippen LogP contribution < -0.4 is 5.32 Å². The van der Waals surface area contributed by atoms with E-state index in [0.29, 0.717) is 5.02 Å². The SMILES string of the molecule is CC(Nc1ccc(C(=O)O)cc1)c1ccc(F)cc1Cl. The van der Waals surface area contributed by atoms with Gasteiger partial charge in [-0.1, -0.05) is 17.7 Å². The van der Waals surface area contributed by atoms with Gasteiger partial charge in [0.15, 0.2) is 0 Å². The first-order chi connectivity index (χ1) is 9.47. The van der Waals surface area contributed by atoms with E-state index in [1.54, 1.807) is 18.2 Å². The van der Waals surface area contributed by atoms with Crippen molar-refractivity contribution in [2.24, 2.45) is 0 Å². The molecule has 0 amide bonds. The molecule has 0 spiro atoms. The van der Waals surface area contributed by atoms with E-state index in [4.69, 9.17) is 16.7 Å². The lowest BCUT2D eigenvalue weighted by Crippen LogP contribution is -2.07. The fraction of sp³-hybridized carbons (Fsp3) is 0.133. The first kappa shape index (κ1) is 14.3. The molecule has 2 aromatic carbocycles. The average molecular weight is 294 g/mol. The van der Waals surface area contributed by atoms with Gasteiger partial charge in [0.2, 0.25) is 0 Å². The molecule has 0 radical (unpaired) electrons. The Morgan fingerprint density at radius 2 is 1.90 bits per heavy atom. The highest BCUT2D eigenvalue weighted by molar-refractivity contribution is 6.31. The van der Waals surface area contributed by atoms with Gasteiger partial charge in [-0.3, -0.25) is 0 Å². The summed E-state index contributed by atoms with van der Waals surface area (Å²) >= 11 is 6.00. The smallest absolute Gasteiger partial charge is 0.335 e. The maximum absolute atomic E-state index is 13.0. The van der Waals surface area contributed by atoms with E-state index in [-0.39, 0.29) is 17.4 Å². The number of carboxylic acid groups (broad SMARTS) is 1. The molecule has 20 heavy (non-hydrogen) atoms. The summed E-state index contributed by atoms with van der Waals surface area (Å²) in [5.41, 5.74) is 1.77. The molecule has 2 aromatic rings. The van der Waals surface area contributed by atoms with Gasteiger partial charge in [-0.05, 0) is 48.9 Å². The first-order valence-corrected chi connectivity index (χ1v) is 6.40. The lowest BCUT2D eigenvalue weighted by Gasteiger charge is -2.17. The molecule has 0 saturated carbocycles. The summed E-state index contributed by atoms with van der Waals surface area (Å²) in [5, 5.41) is 12.4. The molecule has 0 aliphatic carbocycles. The first-order valence-electron chi connectivity index (χ1n) is 6.02. The minimum absolute atomic E-state index is 0.126. The van der Waals surface area contributed by atoms with Gasteiger partial charge in [0, 0.05) is 16.8 Å². The molecule has 0 aliphatic rings. The molecular weight excluding hydrogens is 281 g/mol. The normalized spacial score (nSPS) is 11.9. The van der Waals surface area contributed by atoms with Crippen LogP contribution in [0.1, 0.15) is 28.9 Å². The predicted molar refractivity (Wildman–Crippen MR) is 76.8 cm³/mol. The number of nitrogens with one attached hydrogen (secondary N) is 1. The van der Waals surface area contributed by atoms with Crippen LogP contribution in [0.2, 0.25) is 5.02 Å². The van der Waals surface area contributed by atoms with Crippen LogP contribution >= 0.6 is 11.6 Å². The summed E-state index contributed by atoms with van der Waals surface area (Å²) in [6.07, 6.45) is 0. The monoisotopic (exact) mass is 293 g/mol. The second-order valence-corrected chi connectivity index (χ2v) is 4.82. The number of carbonyl (C=O) groups is 1. The van der Waals surface area contributed by atoms with Gasteiger partial charge in [0.05, 0.1) is 5.56 Å². The predicted octanol–water partition coefficient (Wildman–Crippen LogP) is 4.35. The third kappa shape index (κ3) is 3.27. The lowest BCUT2D eigenvalue weighted by molar-refractivity contribution is 0.0697. The molecule has 1 atom stereocenters.